The zero-order valence-corrected chi connectivity index (χ0v) is 16.7. The molecule has 0 atom stereocenters. The van der Waals surface area contributed by atoms with E-state index in [1.165, 1.54) is 11.9 Å². The van der Waals surface area contributed by atoms with Crippen LogP contribution in [0.2, 0.25) is 0 Å². The molecule has 0 amide bonds. The summed E-state index contributed by atoms with van der Waals surface area (Å²) >= 11 is 1.47. The molecular formula is C21H18N8S. The van der Waals surface area contributed by atoms with E-state index in [0.717, 1.165) is 45.8 Å². The van der Waals surface area contributed by atoms with Crippen molar-refractivity contribution >= 4 is 28.7 Å². The molecule has 148 valence electrons. The van der Waals surface area contributed by atoms with Crippen LogP contribution >= 0.6 is 11.9 Å². The van der Waals surface area contributed by atoms with Crippen molar-refractivity contribution in [2.45, 2.75) is 30.0 Å². The Labute approximate surface area is 177 Å². The van der Waals surface area contributed by atoms with Gasteiger partial charge in [-0.25, -0.2) is 19.9 Å². The van der Waals surface area contributed by atoms with Crippen LogP contribution in [0.3, 0.4) is 0 Å². The van der Waals surface area contributed by atoms with Crippen LogP contribution in [0.1, 0.15) is 18.4 Å². The maximum absolute atomic E-state index is 9.01. The normalized spacial score (nSPS) is 18.0. The molecule has 8 nitrogen and oxygen atoms in total. The molecule has 0 bridgehead atoms. The number of nitriles is 1. The summed E-state index contributed by atoms with van der Waals surface area (Å²) in [6.07, 6.45) is 10.7. The van der Waals surface area contributed by atoms with Crippen LogP contribution in [0.5, 0.6) is 0 Å². The Hall–Kier alpha value is -3.48. The van der Waals surface area contributed by atoms with E-state index in [2.05, 4.69) is 41.0 Å². The van der Waals surface area contributed by atoms with Crippen molar-refractivity contribution in [2.75, 3.05) is 5.32 Å². The van der Waals surface area contributed by atoms with Gasteiger partial charge in [0.25, 0.3) is 0 Å². The number of pyridine rings is 2. The third-order valence-electron chi connectivity index (χ3n) is 5.13. The minimum atomic E-state index is 0.350. The highest BCUT2D eigenvalue weighted by atomic mass is 32.2. The van der Waals surface area contributed by atoms with Crippen molar-refractivity contribution in [3.63, 3.8) is 0 Å². The van der Waals surface area contributed by atoms with Gasteiger partial charge in [-0.1, -0.05) is 0 Å². The lowest BCUT2D eigenvalue weighted by molar-refractivity contribution is 0.355. The summed E-state index contributed by atoms with van der Waals surface area (Å²) < 4.78 is 3.45. The minimum absolute atomic E-state index is 0.350. The Kier molecular flexibility index (Phi) is 5.01. The molecule has 4 aromatic heterocycles. The number of aromatic nitrogens is 5. The van der Waals surface area contributed by atoms with E-state index >= 15 is 0 Å². The molecule has 1 aliphatic rings. The van der Waals surface area contributed by atoms with Gasteiger partial charge in [0.05, 0.1) is 23.0 Å². The van der Waals surface area contributed by atoms with E-state index in [1.807, 2.05) is 24.5 Å². The highest BCUT2D eigenvalue weighted by molar-refractivity contribution is 7.97. The fourth-order valence-electron chi connectivity index (χ4n) is 3.52. The van der Waals surface area contributed by atoms with Crippen molar-refractivity contribution in [1.82, 2.24) is 29.6 Å². The van der Waals surface area contributed by atoms with Crippen LogP contribution in [0.15, 0.2) is 60.4 Å². The second-order valence-corrected chi connectivity index (χ2v) is 7.96. The van der Waals surface area contributed by atoms with Gasteiger partial charge in [0.1, 0.15) is 17.0 Å². The zero-order chi connectivity index (χ0) is 20.3. The van der Waals surface area contributed by atoms with Crippen molar-refractivity contribution in [3.05, 3.63) is 60.9 Å². The summed E-state index contributed by atoms with van der Waals surface area (Å²) in [6.45, 7) is 0. The van der Waals surface area contributed by atoms with E-state index in [1.54, 1.807) is 30.9 Å². The Balaban J connectivity index is 1.27. The van der Waals surface area contributed by atoms with Gasteiger partial charge in [-0.05, 0) is 49.1 Å². The molecule has 4 heterocycles. The molecule has 0 unspecified atom stereocenters. The SMILES string of the molecule is N#Cc1ccnc(SN[C@H]2C[C@H](Nc3c(-c4ccncn4)cnc4[nH]ccc34)C2)c1. The lowest BCUT2D eigenvalue weighted by Gasteiger charge is -2.37. The van der Waals surface area contributed by atoms with Gasteiger partial charge in [-0.15, -0.1) is 0 Å². The molecule has 0 saturated heterocycles. The van der Waals surface area contributed by atoms with E-state index in [9.17, 15) is 0 Å². The summed E-state index contributed by atoms with van der Waals surface area (Å²) in [4.78, 5) is 20.4. The Morgan fingerprint density at radius 3 is 2.87 bits per heavy atom. The van der Waals surface area contributed by atoms with Gasteiger partial charge in [0.15, 0.2) is 0 Å². The van der Waals surface area contributed by atoms with Crippen LogP contribution < -0.4 is 10.0 Å². The maximum Gasteiger partial charge on any atom is 0.139 e. The molecule has 30 heavy (non-hydrogen) atoms. The van der Waals surface area contributed by atoms with E-state index < -0.39 is 0 Å². The number of hydrogen-bond donors (Lipinski definition) is 3. The van der Waals surface area contributed by atoms with E-state index in [-0.39, 0.29) is 0 Å². The molecule has 0 aromatic carbocycles. The third-order valence-corrected chi connectivity index (χ3v) is 6.01. The molecule has 0 spiro atoms. The largest absolute Gasteiger partial charge is 0.381 e. The molecule has 5 rings (SSSR count). The second kappa shape index (κ2) is 8.10. The fourth-order valence-corrected chi connectivity index (χ4v) is 4.30. The van der Waals surface area contributed by atoms with Crippen LogP contribution in [0.25, 0.3) is 22.3 Å². The lowest BCUT2D eigenvalue weighted by Crippen LogP contribution is -2.45. The molecule has 3 N–H and O–H groups in total. The van der Waals surface area contributed by atoms with E-state index in [4.69, 9.17) is 5.26 Å². The molecule has 9 heteroatoms. The first-order chi connectivity index (χ1) is 14.8. The Morgan fingerprint density at radius 1 is 1.10 bits per heavy atom. The quantitative estimate of drug-likeness (QED) is 0.411. The number of hydrogen-bond acceptors (Lipinski definition) is 8. The predicted octanol–water partition coefficient (Wildman–Crippen LogP) is 3.53. The van der Waals surface area contributed by atoms with Crippen LogP contribution in [-0.2, 0) is 0 Å². The Morgan fingerprint density at radius 2 is 2.03 bits per heavy atom. The van der Waals surface area contributed by atoms with Gasteiger partial charge in [0, 0.05) is 47.8 Å². The van der Waals surface area contributed by atoms with Crippen LogP contribution in [0.4, 0.5) is 5.69 Å². The maximum atomic E-state index is 9.01. The predicted molar refractivity (Wildman–Crippen MR) is 115 cm³/mol. The molecular weight excluding hydrogens is 396 g/mol. The highest BCUT2D eigenvalue weighted by Gasteiger charge is 2.30. The molecule has 1 fully saturated rings. The highest BCUT2D eigenvalue weighted by Crippen LogP contribution is 2.35. The first kappa shape index (κ1) is 18.5. The van der Waals surface area contributed by atoms with Crippen molar-refractivity contribution in [3.8, 4) is 17.3 Å². The van der Waals surface area contributed by atoms with Gasteiger partial charge >= 0.3 is 0 Å². The van der Waals surface area contributed by atoms with Crippen molar-refractivity contribution in [2.24, 2.45) is 0 Å². The zero-order valence-electron chi connectivity index (χ0n) is 15.9. The number of H-pyrrole nitrogens is 1. The molecule has 0 radical (unpaired) electrons. The summed E-state index contributed by atoms with van der Waals surface area (Å²) in [5, 5.41) is 14.6. The average molecular weight is 414 g/mol. The monoisotopic (exact) mass is 414 g/mol. The van der Waals surface area contributed by atoms with Gasteiger partial charge in [0.2, 0.25) is 0 Å². The number of nitrogens with one attached hydrogen (secondary N) is 3. The first-order valence-corrected chi connectivity index (χ1v) is 10.4. The van der Waals surface area contributed by atoms with Crippen molar-refractivity contribution < 1.29 is 0 Å². The van der Waals surface area contributed by atoms with Crippen molar-refractivity contribution in [1.29, 1.82) is 5.26 Å². The molecule has 4 aromatic rings. The summed E-state index contributed by atoms with van der Waals surface area (Å²) in [5.41, 5.74) is 4.32. The van der Waals surface area contributed by atoms with E-state index in [0.29, 0.717) is 17.6 Å². The summed E-state index contributed by atoms with van der Waals surface area (Å²) in [6, 6.07) is 10.3. The molecule has 0 aliphatic heterocycles. The van der Waals surface area contributed by atoms with Gasteiger partial charge in [-0.3, -0.25) is 4.72 Å². The van der Waals surface area contributed by atoms with Crippen LogP contribution in [-0.4, -0.2) is 37.0 Å². The lowest BCUT2D eigenvalue weighted by atomic mass is 9.87. The smallest absolute Gasteiger partial charge is 0.139 e. The number of anilines is 1. The van der Waals surface area contributed by atoms with Crippen LogP contribution in [0, 0.1) is 11.3 Å². The van der Waals surface area contributed by atoms with Gasteiger partial charge in [-0.2, -0.15) is 5.26 Å². The standard InChI is InChI=1S/C21H18N8S/c22-10-13-1-5-24-19(7-13)30-29-15-8-14(9-15)28-20-16-2-6-25-21(16)26-11-17(20)18-3-4-23-12-27-18/h1-7,11-12,14-15,29H,8-9H2,(H2,25,26,28)/t14-,15-. The number of fused-ring (bicyclic) bond motifs is 1. The number of nitrogens with zero attached hydrogens (tertiary/aromatic N) is 5. The average Bonchev–Trinajstić information content (AvgIpc) is 3.25. The summed E-state index contributed by atoms with van der Waals surface area (Å²) in [7, 11) is 0. The molecule has 1 saturated carbocycles. The number of rotatable bonds is 6. The fraction of sp³-hybridized carbons (Fsp3) is 0.190. The summed E-state index contributed by atoms with van der Waals surface area (Å²) in [5.74, 6) is 0. The third kappa shape index (κ3) is 3.70. The van der Waals surface area contributed by atoms with Gasteiger partial charge < -0.3 is 10.3 Å². The minimum Gasteiger partial charge on any atom is -0.381 e. The molecule has 1 aliphatic carbocycles. The first-order valence-electron chi connectivity index (χ1n) is 9.57. The number of aromatic amines is 1. The second-order valence-electron chi connectivity index (χ2n) is 7.11. The topological polar surface area (TPSA) is 115 Å². The Bertz CT molecular complexity index is 1210.